The van der Waals surface area contributed by atoms with Crippen LogP contribution in [0.4, 0.5) is 0 Å². The summed E-state index contributed by atoms with van der Waals surface area (Å²) in [6.07, 6.45) is 3.20. The van der Waals surface area contributed by atoms with Gasteiger partial charge in [0.2, 0.25) is 0 Å². The van der Waals surface area contributed by atoms with Crippen molar-refractivity contribution in [2.45, 2.75) is 33.5 Å². The molecule has 0 saturated heterocycles. The molecule has 3 atom stereocenters. The van der Waals surface area contributed by atoms with Gasteiger partial charge in [-0.3, -0.25) is 0 Å². The smallest absolute Gasteiger partial charge is 0.0717 e. The molecule has 2 aromatic carbocycles. The summed E-state index contributed by atoms with van der Waals surface area (Å²) in [5.41, 5.74) is 2.60. The van der Waals surface area contributed by atoms with E-state index in [2.05, 4.69) is 75.0 Å². The van der Waals surface area contributed by atoms with Crippen molar-refractivity contribution in [2.24, 2.45) is 16.7 Å². The van der Waals surface area contributed by atoms with Gasteiger partial charge in [-0.25, -0.2) is 0 Å². The minimum Gasteiger partial charge on any atom is -0.376 e. The lowest BCUT2D eigenvalue weighted by Crippen LogP contribution is -2.59. The van der Waals surface area contributed by atoms with E-state index in [0.29, 0.717) is 19.1 Å². The van der Waals surface area contributed by atoms with Gasteiger partial charge in [0.25, 0.3) is 0 Å². The van der Waals surface area contributed by atoms with Crippen LogP contribution in [0.25, 0.3) is 0 Å². The molecule has 1 fully saturated rings. The Hall–Kier alpha value is -1.90. The molecular weight excluding hydrogens is 320 g/mol. The van der Waals surface area contributed by atoms with Gasteiger partial charge in [-0.05, 0) is 28.9 Å². The van der Waals surface area contributed by atoms with Crippen molar-refractivity contribution in [3.63, 3.8) is 0 Å². The first-order valence-corrected chi connectivity index (χ1v) is 9.43. The Morgan fingerprint density at radius 1 is 0.885 bits per heavy atom. The molecule has 2 heteroatoms. The van der Waals surface area contributed by atoms with E-state index < -0.39 is 0 Å². The highest BCUT2D eigenvalue weighted by molar-refractivity contribution is 5.16. The Labute approximate surface area is 157 Å². The molecule has 0 bridgehead atoms. The second kappa shape index (κ2) is 8.20. The van der Waals surface area contributed by atoms with Crippen LogP contribution in [0.1, 0.15) is 31.4 Å². The lowest BCUT2D eigenvalue weighted by molar-refractivity contribution is -0.179. The van der Waals surface area contributed by atoms with Crippen molar-refractivity contribution in [1.29, 1.82) is 0 Å². The number of ether oxygens (including phenoxy) is 2. The molecule has 1 aliphatic rings. The standard InChI is InChI=1S/C24H30O2/c1-4-22-15-23(2,18-25-16-20-11-7-5-8-12-20)24(22,3)19-26-17-21-13-9-6-10-14-21/h4-14,22H,1,15-19H2,2-3H3. The van der Waals surface area contributed by atoms with E-state index in [9.17, 15) is 0 Å². The van der Waals surface area contributed by atoms with Crippen LogP contribution < -0.4 is 0 Å². The fraction of sp³-hybridized carbons (Fsp3) is 0.417. The molecule has 0 heterocycles. The van der Waals surface area contributed by atoms with Crippen LogP contribution in [0.15, 0.2) is 73.3 Å². The molecule has 26 heavy (non-hydrogen) atoms. The molecule has 0 spiro atoms. The Kier molecular flexibility index (Phi) is 5.95. The van der Waals surface area contributed by atoms with Gasteiger partial charge in [-0.15, -0.1) is 6.58 Å². The molecule has 0 N–H and O–H groups in total. The third-order valence-electron chi connectivity index (χ3n) is 6.20. The zero-order valence-corrected chi connectivity index (χ0v) is 16.0. The maximum absolute atomic E-state index is 6.12. The predicted molar refractivity (Wildman–Crippen MR) is 107 cm³/mol. The lowest BCUT2D eigenvalue weighted by atomic mass is 9.45. The molecular formula is C24H30O2. The Morgan fingerprint density at radius 3 is 1.88 bits per heavy atom. The number of rotatable bonds is 9. The summed E-state index contributed by atoms with van der Waals surface area (Å²) < 4.78 is 12.2. The molecule has 2 aromatic rings. The van der Waals surface area contributed by atoms with E-state index in [1.54, 1.807) is 0 Å². The quantitative estimate of drug-likeness (QED) is 0.545. The van der Waals surface area contributed by atoms with Gasteiger partial charge < -0.3 is 9.47 Å². The van der Waals surface area contributed by atoms with Gasteiger partial charge >= 0.3 is 0 Å². The van der Waals surface area contributed by atoms with Crippen molar-refractivity contribution in [2.75, 3.05) is 13.2 Å². The normalized spacial score (nSPS) is 27.7. The van der Waals surface area contributed by atoms with Crippen LogP contribution in [-0.4, -0.2) is 13.2 Å². The predicted octanol–water partition coefficient (Wildman–Crippen LogP) is 5.64. The first-order valence-electron chi connectivity index (χ1n) is 9.43. The number of hydrogen-bond acceptors (Lipinski definition) is 2. The first-order chi connectivity index (χ1) is 12.6. The van der Waals surface area contributed by atoms with E-state index in [-0.39, 0.29) is 10.8 Å². The van der Waals surface area contributed by atoms with Gasteiger partial charge in [0.15, 0.2) is 0 Å². The Morgan fingerprint density at radius 2 is 1.38 bits per heavy atom. The molecule has 0 amide bonds. The third kappa shape index (κ3) is 3.92. The number of allylic oxidation sites excluding steroid dienone is 1. The van der Waals surface area contributed by atoms with Gasteiger partial charge in [-0.2, -0.15) is 0 Å². The average molecular weight is 351 g/mol. The average Bonchev–Trinajstić information content (AvgIpc) is 2.67. The van der Waals surface area contributed by atoms with Crippen LogP contribution in [0, 0.1) is 16.7 Å². The molecule has 138 valence electrons. The molecule has 3 rings (SSSR count). The van der Waals surface area contributed by atoms with Crippen LogP contribution >= 0.6 is 0 Å². The molecule has 1 saturated carbocycles. The Bertz CT molecular complexity index is 697. The summed E-state index contributed by atoms with van der Waals surface area (Å²) in [4.78, 5) is 0. The van der Waals surface area contributed by atoms with Crippen molar-refractivity contribution in [3.05, 3.63) is 84.4 Å². The van der Waals surface area contributed by atoms with Gasteiger partial charge in [0, 0.05) is 5.41 Å². The maximum atomic E-state index is 6.12. The van der Waals surface area contributed by atoms with Crippen molar-refractivity contribution in [3.8, 4) is 0 Å². The van der Waals surface area contributed by atoms with Crippen LogP contribution in [-0.2, 0) is 22.7 Å². The van der Waals surface area contributed by atoms with E-state index in [4.69, 9.17) is 9.47 Å². The molecule has 0 radical (unpaired) electrons. The summed E-state index contributed by atoms with van der Waals surface area (Å²) in [5.74, 6) is 0.476. The second-order valence-corrected chi connectivity index (χ2v) is 7.98. The maximum Gasteiger partial charge on any atom is 0.0717 e. The summed E-state index contributed by atoms with van der Waals surface area (Å²) in [6.45, 7) is 11.5. The van der Waals surface area contributed by atoms with Crippen molar-refractivity contribution < 1.29 is 9.47 Å². The van der Waals surface area contributed by atoms with E-state index >= 15 is 0 Å². The molecule has 0 aliphatic heterocycles. The number of benzene rings is 2. The monoisotopic (exact) mass is 350 g/mol. The van der Waals surface area contributed by atoms with E-state index in [0.717, 1.165) is 19.6 Å². The van der Waals surface area contributed by atoms with Crippen molar-refractivity contribution >= 4 is 0 Å². The topological polar surface area (TPSA) is 18.5 Å². The van der Waals surface area contributed by atoms with Gasteiger partial charge in [0.05, 0.1) is 26.4 Å². The second-order valence-electron chi connectivity index (χ2n) is 7.98. The van der Waals surface area contributed by atoms with E-state index in [1.165, 1.54) is 11.1 Å². The third-order valence-corrected chi connectivity index (χ3v) is 6.20. The lowest BCUT2D eigenvalue weighted by Gasteiger charge is -2.61. The number of hydrogen-bond donors (Lipinski definition) is 0. The minimum absolute atomic E-state index is 0.0558. The van der Waals surface area contributed by atoms with Crippen LogP contribution in [0.5, 0.6) is 0 Å². The molecule has 1 aliphatic carbocycles. The van der Waals surface area contributed by atoms with E-state index in [1.807, 2.05) is 12.1 Å². The highest BCUT2D eigenvalue weighted by Gasteiger charge is 2.58. The van der Waals surface area contributed by atoms with Gasteiger partial charge in [0.1, 0.15) is 0 Å². The highest BCUT2D eigenvalue weighted by Crippen LogP contribution is 2.61. The zero-order valence-electron chi connectivity index (χ0n) is 16.0. The minimum atomic E-state index is 0.0558. The fourth-order valence-electron chi connectivity index (χ4n) is 4.03. The summed E-state index contributed by atoms with van der Waals surface area (Å²) in [6, 6.07) is 20.7. The fourth-order valence-corrected chi connectivity index (χ4v) is 4.03. The van der Waals surface area contributed by atoms with Crippen LogP contribution in [0.3, 0.4) is 0 Å². The largest absolute Gasteiger partial charge is 0.376 e. The molecule has 3 unspecified atom stereocenters. The molecule has 0 aromatic heterocycles. The summed E-state index contributed by atoms with van der Waals surface area (Å²) in [7, 11) is 0. The first kappa shape index (κ1) is 18.9. The molecule has 2 nitrogen and oxygen atoms in total. The summed E-state index contributed by atoms with van der Waals surface area (Å²) in [5, 5.41) is 0. The Balaban J connectivity index is 1.56. The highest BCUT2D eigenvalue weighted by atomic mass is 16.5. The zero-order chi connectivity index (χ0) is 18.5. The van der Waals surface area contributed by atoms with Crippen LogP contribution in [0.2, 0.25) is 0 Å². The summed E-state index contributed by atoms with van der Waals surface area (Å²) >= 11 is 0. The van der Waals surface area contributed by atoms with Gasteiger partial charge in [-0.1, -0.05) is 80.6 Å². The SMILES string of the molecule is C=CC1CC(C)(COCc2ccccc2)C1(C)COCc1ccccc1. The van der Waals surface area contributed by atoms with Crippen molar-refractivity contribution in [1.82, 2.24) is 0 Å².